The van der Waals surface area contributed by atoms with Gasteiger partial charge in [-0.25, -0.2) is 0 Å². The summed E-state index contributed by atoms with van der Waals surface area (Å²) in [6.45, 7) is 11.1. The van der Waals surface area contributed by atoms with Gasteiger partial charge in [0.1, 0.15) is 0 Å². The maximum atomic E-state index is 6.42. The Balaban J connectivity index is 2.95. The normalized spacial score (nSPS) is 15.0. The van der Waals surface area contributed by atoms with Crippen molar-refractivity contribution in [2.24, 2.45) is 11.7 Å². The minimum Gasteiger partial charge on any atom is -0.326 e. The van der Waals surface area contributed by atoms with Crippen LogP contribution in [-0.2, 0) is 0 Å². The van der Waals surface area contributed by atoms with Crippen molar-refractivity contribution in [1.29, 1.82) is 0 Å². The summed E-state index contributed by atoms with van der Waals surface area (Å²) in [5, 5.41) is 0. The smallest absolute Gasteiger partial charge is 0.0931 e. The fraction of sp³-hybridized carbons (Fsp3) is 0.750. The van der Waals surface area contributed by atoms with E-state index in [1.165, 1.54) is 17.7 Å². The summed E-state index contributed by atoms with van der Waals surface area (Å²) in [6.07, 6.45) is 3.44. The lowest BCUT2D eigenvalue weighted by atomic mass is 9.98. The largest absolute Gasteiger partial charge is 0.326 e. The van der Waals surface area contributed by atoms with E-state index in [1.807, 2.05) is 6.07 Å². The molecule has 0 aliphatic rings. The van der Waals surface area contributed by atoms with Gasteiger partial charge in [-0.05, 0) is 31.0 Å². The van der Waals surface area contributed by atoms with Crippen LogP contribution in [0.1, 0.15) is 57.9 Å². The molecule has 2 unspecified atom stereocenters. The molecule has 2 N–H and O–H groups in total. The van der Waals surface area contributed by atoms with Gasteiger partial charge in [-0.2, -0.15) is 0 Å². The Hall–Kier alpha value is -0.0900. The maximum Gasteiger partial charge on any atom is 0.0931 e. The van der Waals surface area contributed by atoms with Gasteiger partial charge in [-0.3, -0.25) is 4.90 Å². The first kappa shape index (κ1) is 18.0. The van der Waals surface area contributed by atoms with E-state index >= 15 is 0 Å². The first-order valence-electron chi connectivity index (χ1n) is 7.82. The molecule has 1 aromatic rings. The molecule has 0 saturated heterocycles. The Kier molecular flexibility index (Phi) is 8.11. The van der Waals surface area contributed by atoms with E-state index in [0.717, 1.165) is 29.8 Å². The van der Waals surface area contributed by atoms with Crippen molar-refractivity contribution in [3.8, 4) is 0 Å². The van der Waals surface area contributed by atoms with Crippen LogP contribution in [0.5, 0.6) is 0 Å². The SMILES string of the molecule is CCC(CC)CN(CC)C(c1ccc(Cl)s1)C(N)CC. The molecule has 0 fully saturated rings. The number of nitrogens with two attached hydrogens (primary N) is 1. The lowest BCUT2D eigenvalue weighted by Crippen LogP contribution is -2.42. The summed E-state index contributed by atoms with van der Waals surface area (Å²) in [7, 11) is 0. The molecule has 2 nitrogen and oxygen atoms in total. The van der Waals surface area contributed by atoms with Crippen molar-refractivity contribution in [3.63, 3.8) is 0 Å². The summed E-state index contributed by atoms with van der Waals surface area (Å²) >= 11 is 7.79. The topological polar surface area (TPSA) is 29.3 Å². The van der Waals surface area contributed by atoms with E-state index in [9.17, 15) is 0 Å². The fourth-order valence-corrected chi connectivity index (χ4v) is 3.96. The second kappa shape index (κ2) is 9.04. The van der Waals surface area contributed by atoms with Crippen LogP contribution in [0.2, 0.25) is 4.34 Å². The highest BCUT2D eigenvalue weighted by atomic mass is 35.5. The van der Waals surface area contributed by atoms with Crippen molar-refractivity contribution in [1.82, 2.24) is 4.90 Å². The molecule has 116 valence electrons. The van der Waals surface area contributed by atoms with Crippen LogP contribution in [0.4, 0.5) is 0 Å². The molecule has 0 amide bonds. The fourth-order valence-electron chi connectivity index (χ4n) is 2.69. The standard InChI is InChI=1S/C16H29ClN2S/c1-5-12(6-2)11-19(8-4)16(13(18)7-3)14-9-10-15(17)20-14/h9-10,12-13,16H,5-8,11,18H2,1-4H3. The van der Waals surface area contributed by atoms with E-state index < -0.39 is 0 Å². The van der Waals surface area contributed by atoms with Gasteiger partial charge < -0.3 is 5.73 Å². The Bertz CT molecular complexity index is 376. The molecule has 2 atom stereocenters. The van der Waals surface area contributed by atoms with Gasteiger partial charge in [-0.1, -0.05) is 52.1 Å². The average molecular weight is 317 g/mol. The lowest BCUT2D eigenvalue weighted by molar-refractivity contribution is 0.150. The lowest BCUT2D eigenvalue weighted by Gasteiger charge is -2.36. The molecular weight excluding hydrogens is 288 g/mol. The highest BCUT2D eigenvalue weighted by Gasteiger charge is 2.27. The molecule has 4 heteroatoms. The van der Waals surface area contributed by atoms with Crippen molar-refractivity contribution >= 4 is 22.9 Å². The van der Waals surface area contributed by atoms with Gasteiger partial charge in [0.05, 0.1) is 10.4 Å². The molecule has 0 bridgehead atoms. The van der Waals surface area contributed by atoms with E-state index in [4.69, 9.17) is 17.3 Å². The van der Waals surface area contributed by atoms with Crippen molar-refractivity contribution < 1.29 is 0 Å². The van der Waals surface area contributed by atoms with Crippen molar-refractivity contribution in [2.45, 2.75) is 59.0 Å². The minimum absolute atomic E-state index is 0.166. The highest BCUT2D eigenvalue weighted by Crippen LogP contribution is 2.33. The molecule has 0 spiro atoms. The van der Waals surface area contributed by atoms with Crippen LogP contribution in [0.3, 0.4) is 0 Å². The number of hydrogen-bond acceptors (Lipinski definition) is 3. The maximum absolute atomic E-state index is 6.42. The van der Waals surface area contributed by atoms with Gasteiger partial charge in [0.25, 0.3) is 0 Å². The van der Waals surface area contributed by atoms with Gasteiger partial charge in [0, 0.05) is 17.5 Å². The molecular formula is C16H29ClN2S. The third-order valence-corrected chi connectivity index (χ3v) is 5.51. The monoisotopic (exact) mass is 316 g/mol. The zero-order valence-corrected chi connectivity index (χ0v) is 14.8. The molecule has 0 saturated carbocycles. The summed E-state index contributed by atoms with van der Waals surface area (Å²) in [4.78, 5) is 3.84. The number of halogens is 1. The quantitative estimate of drug-likeness (QED) is 0.699. The Morgan fingerprint density at radius 1 is 1.15 bits per heavy atom. The summed E-state index contributed by atoms with van der Waals surface area (Å²) < 4.78 is 0.854. The summed E-state index contributed by atoms with van der Waals surface area (Å²) in [5.74, 6) is 0.747. The van der Waals surface area contributed by atoms with E-state index in [-0.39, 0.29) is 6.04 Å². The predicted molar refractivity (Wildman–Crippen MR) is 91.7 cm³/mol. The average Bonchev–Trinajstić information content (AvgIpc) is 2.88. The second-order valence-corrected chi connectivity index (χ2v) is 7.18. The van der Waals surface area contributed by atoms with Crippen LogP contribution in [0, 0.1) is 5.92 Å². The molecule has 20 heavy (non-hydrogen) atoms. The third-order valence-electron chi connectivity index (χ3n) is 4.21. The van der Waals surface area contributed by atoms with Crippen molar-refractivity contribution in [2.75, 3.05) is 13.1 Å². The van der Waals surface area contributed by atoms with E-state index in [1.54, 1.807) is 11.3 Å². The first-order chi connectivity index (χ1) is 9.57. The number of likely N-dealkylation sites (N-methyl/N-ethyl adjacent to an activating group) is 1. The Morgan fingerprint density at radius 3 is 2.20 bits per heavy atom. The zero-order valence-electron chi connectivity index (χ0n) is 13.2. The molecule has 0 aliphatic carbocycles. The summed E-state index contributed by atoms with van der Waals surface area (Å²) in [5.41, 5.74) is 6.42. The molecule has 1 aromatic heterocycles. The van der Waals surface area contributed by atoms with Crippen LogP contribution in [0.15, 0.2) is 12.1 Å². The third kappa shape index (κ3) is 4.73. The molecule has 0 radical (unpaired) electrons. The second-order valence-electron chi connectivity index (χ2n) is 5.43. The van der Waals surface area contributed by atoms with E-state index in [2.05, 4.69) is 38.7 Å². The predicted octanol–water partition coefficient (Wildman–Crippen LogP) is 4.94. The Morgan fingerprint density at radius 2 is 1.80 bits per heavy atom. The number of nitrogens with zero attached hydrogens (tertiary/aromatic N) is 1. The molecule has 1 rings (SSSR count). The Labute approximate surface area is 133 Å². The van der Waals surface area contributed by atoms with Crippen LogP contribution in [-0.4, -0.2) is 24.0 Å². The zero-order chi connectivity index (χ0) is 15.1. The number of rotatable bonds is 9. The van der Waals surface area contributed by atoms with Crippen LogP contribution < -0.4 is 5.73 Å². The van der Waals surface area contributed by atoms with Gasteiger partial charge >= 0.3 is 0 Å². The molecule has 0 aromatic carbocycles. The highest BCUT2D eigenvalue weighted by molar-refractivity contribution is 7.16. The van der Waals surface area contributed by atoms with Gasteiger partial charge in [-0.15, -0.1) is 11.3 Å². The molecule has 0 aliphatic heterocycles. The number of thiophene rings is 1. The first-order valence-corrected chi connectivity index (χ1v) is 9.01. The van der Waals surface area contributed by atoms with Crippen LogP contribution >= 0.6 is 22.9 Å². The van der Waals surface area contributed by atoms with Crippen molar-refractivity contribution in [3.05, 3.63) is 21.3 Å². The number of hydrogen-bond donors (Lipinski definition) is 1. The van der Waals surface area contributed by atoms with Gasteiger partial charge in [0.15, 0.2) is 0 Å². The van der Waals surface area contributed by atoms with Gasteiger partial charge in [0.2, 0.25) is 0 Å². The summed E-state index contributed by atoms with van der Waals surface area (Å²) in [6, 6.07) is 4.59. The molecule has 1 heterocycles. The van der Waals surface area contributed by atoms with E-state index in [0.29, 0.717) is 6.04 Å². The van der Waals surface area contributed by atoms with Crippen LogP contribution in [0.25, 0.3) is 0 Å². The minimum atomic E-state index is 0.166.